The molecule has 0 amide bonds. The highest BCUT2D eigenvalue weighted by atomic mass is 19.4. The third-order valence-corrected chi connectivity index (χ3v) is 2.56. The van der Waals surface area contributed by atoms with E-state index in [1.165, 1.54) is 24.3 Å². The summed E-state index contributed by atoms with van der Waals surface area (Å²) in [6.45, 7) is 0.144. The number of alkyl halides is 3. The maximum absolute atomic E-state index is 12.0. The molecule has 0 saturated heterocycles. The van der Waals surface area contributed by atoms with E-state index in [0.717, 1.165) is 0 Å². The van der Waals surface area contributed by atoms with Crippen molar-refractivity contribution >= 4 is 0 Å². The quantitative estimate of drug-likeness (QED) is 0.854. The van der Waals surface area contributed by atoms with Gasteiger partial charge in [0.25, 0.3) is 0 Å². The summed E-state index contributed by atoms with van der Waals surface area (Å²) < 4.78 is 45.3. The number of benzene rings is 2. The number of nitrogens with zero attached hydrogens (tertiary/aromatic N) is 1. The monoisotopic (exact) mass is 293 g/mol. The lowest BCUT2D eigenvalue weighted by molar-refractivity contribution is -0.274. The third kappa shape index (κ3) is 4.42. The molecule has 0 N–H and O–H groups in total. The van der Waals surface area contributed by atoms with Gasteiger partial charge < -0.3 is 9.47 Å². The van der Waals surface area contributed by atoms with Gasteiger partial charge in [-0.15, -0.1) is 13.2 Å². The van der Waals surface area contributed by atoms with E-state index in [2.05, 4.69) is 4.74 Å². The Bertz CT molecular complexity index is 645. The first kappa shape index (κ1) is 14.7. The molecule has 108 valence electrons. The molecule has 21 heavy (non-hydrogen) atoms. The first-order valence-corrected chi connectivity index (χ1v) is 5.94. The van der Waals surface area contributed by atoms with E-state index < -0.39 is 6.36 Å². The minimum Gasteiger partial charge on any atom is -0.488 e. The van der Waals surface area contributed by atoms with Gasteiger partial charge in [0.1, 0.15) is 24.2 Å². The summed E-state index contributed by atoms with van der Waals surface area (Å²) in [6, 6.07) is 14.1. The van der Waals surface area contributed by atoms with Crippen LogP contribution in [0.15, 0.2) is 48.5 Å². The highest BCUT2D eigenvalue weighted by Gasteiger charge is 2.30. The Hall–Kier alpha value is -2.68. The molecule has 0 fully saturated rings. The Balaban J connectivity index is 2.00. The van der Waals surface area contributed by atoms with Crippen molar-refractivity contribution in [3.8, 4) is 17.6 Å². The SMILES string of the molecule is N#Cc1ccccc1OCc1ccc(OC(F)(F)F)cc1. The molecule has 2 rings (SSSR count). The molecule has 0 aliphatic carbocycles. The van der Waals surface area contributed by atoms with E-state index in [1.807, 2.05) is 6.07 Å². The lowest BCUT2D eigenvalue weighted by Crippen LogP contribution is -2.17. The van der Waals surface area contributed by atoms with Crippen LogP contribution in [0.4, 0.5) is 13.2 Å². The van der Waals surface area contributed by atoms with Crippen LogP contribution < -0.4 is 9.47 Å². The second-order valence-corrected chi connectivity index (χ2v) is 4.09. The molecule has 0 saturated carbocycles. The normalized spacial score (nSPS) is 10.8. The van der Waals surface area contributed by atoms with Crippen LogP contribution in [0.3, 0.4) is 0 Å². The zero-order valence-electron chi connectivity index (χ0n) is 10.7. The molecule has 0 aliphatic rings. The van der Waals surface area contributed by atoms with Gasteiger partial charge in [0.05, 0.1) is 5.56 Å². The average Bonchev–Trinajstić information content (AvgIpc) is 2.45. The zero-order chi connectivity index (χ0) is 15.3. The molecule has 0 bridgehead atoms. The molecule has 0 aliphatic heterocycles. The van der Waals surface area contributed by atoms with Crippen molar-refractivity contribution in [1.29, 1.82) is 5.26 Å². The maximum atomic E-state index is 12.0. The summed E-state index contributed by atoms with van der Waals surface area (Å²) in [5.74, 6) is 0.138. The Labute approximate surface area is 119 Å². The number of para-hydroxylation sites is 1. The van der Waals surface area contributed by atoms with Crippen molar-refractivity contribution in [3.63, 3.8) is 0 Å². The van der Waals surface area contributed by atoms with E-state index in [9.17, 15) is 13.2 Å². The van der Waals surface area contributed by atoms with E-state index >= 15 is 0 Å². The number of halogens is 3. The van der Waals surface area contributed by atoms with Crippen LogP contribution in [0.25, 0.3) is 0 Å². The van der Waals surface area contributed by atoms with Gasteiger partial charge in [0, 0.05) is 0 Å². The summed E-state index contributed by atoms with van der Waals surface area (Å²) >= 11 is 0. The fraction of sp³-hybridized carbons (Fsp3) is 0.133. The number of hydrogen-bond donors (Lipinski definition) is 0. The maximum Gasteiger partial charge on any atom is 0.573 e. The van der Waals surface area contributed by atoms with Crippen molar-refractivity contribution in [2.75, 3.05) is 0 Å². The lowest BCUT2D eigenvalue weighted by atomic mass is 10.2. The largest absolute Gasteiger partial charge is 0.573 e. The summed E-state index contributed by atoms with van der Waals surface area (Å²) in [5, 5.41) is 8.91. The molecule has 2 aromatic rings. The number of hydrogen-bond acceptors (Lipinski definition) is 3. The Morgan fingerprint density at radius 3 is 2.29 bits per heavy atom. The van der Waals surface area contributed by atoms with Crippen molar-refractivity contribution in [2.45, 2.75) is 13.0 Å². The molecule has 0 unspecified atom stereocenters. The molecular weight excluding hydrogens is 283 g/mol. The summed E-state index contributed by atoms with van der Waals surface area (Å²) in [4.78, 5) is 0. The van der Waals surface area contributed by atoms with Crippen LogP contribution in [-0.4, -0.2) is 6.36 Å². The van der Waals surface area contributed by atoms with Crippen LogP contribution >= 0.6 is 0 Å². The molecule has 0 aromatic heterocycles. The molecule has 6 heteroatoms. The van der Waals surface area contributed by atoms with Crippen LogP contribution in [0.2, 0.25) is 0 Å². The van der Waals surface area contributed by atoms with Gasteiger partial charge in [-0.25, -0.2) is 0 Å². The van der Waals surface area contributed by atoms with Crippen molar-refractivity contribution in [2.24, 2.45) is 0 Å². The molecule has 2 aromatic carbocycles. The van der Waals surface area contributed by atoms with E-state index in [0.29, 0.717) is 16.9 Å². The van der Waals surface area contributed by atoms with Gasteiger partial charge in [-0.2, -0.15) is 5.26 Å². The van der Waals surface area contributed by atoms with Crippen LogP contribution in [0.5, 0.6) is 11.5 Å². The van der Waals surface area contributed by atoms with Gasteiger partial charge in [0.15, 0.2) is 0 Å². The smallest absolute Gasteiger partial charge is 0.488 e. The van der Waals surface area contributed by atoms with Crippen LogP contribution in [-0.2, 0) is 6.61 Å². The Kier molecular flexibility index (Phi) is 4.33. The van der Waals surface area contributed by atoms with Gasteiger partial charge in [0.2, 0.25) is 0 Å². The van der Waals surface area contributed by atoms with Gasteiger partial charge in [-0.3, -0.25) is 0 Å². The van der Waals surface area contributed by atoms with Crippen molar-refractivity contribution < 1.29 is 22.6 Å². The Morgan fingerprint density at radius 2 is 1.67 bits per heavy atom. The third-order valence-electron chi connectivity index (χ3n) is 2.56. The molecular formula is C15H10F3NO2. The molecule has 3 nitrogen and oxygen atoms in total. The predicted molar refractivity (Wildman–Crippen MR) is 68.6 cm³/mol. The van der Waals surface area contributed by atoms with Crippen molar-refractivity contribution in [1.82, 2.24) is 0 Å². The van der Waals surface area contributed by atoms with E-state index in [4.69, 9.17) is 10.00 Å². The fourth-order valence-corrected chi connectivity index (χ4v) is 1.63. The second kappa shape index (κ2) is 6.18. The minimum absolute atomic E-state index is 0.144. The molecule has 0 spiro atoms. The minimum atomic E-state index is -4.70. The predicted octanol–water partition coefficient (Wildman–Crippen LogP) is 4.04. The Morgan fingerprint density at radius 1 is 1.00 bits per heavy atom. The topological polar surface area (TPSA) is 42.2 Å². The highest BCUT2D eigenvalue weighted by molar-refractivity contribution is 5.42. The number of nitriles is 1. The summed E-state index contributed by atoms with van der Waals surface area (Å²) in [6.07, 6.45) is -4.70. The number of rotatable bonds is 4. The second-order valence-electron chi connectivity index (χ2n) is 4.09. The first-order chi connectivity index (χ1) is 9.98. The number of ether oxygens (including phenoxy) is 2. The summed E-state index contributed by atoms with van der Waals surface area (Å²) in [5.41, 5.74) is 1.06. The fourth-order valence-electron chi connectivity index (χ4n) is 1.63. The standard InChI is InChI=1S/C15H10F3NO2/c16-15(17,18)21-13-7-5-11(6-8-13)10-20-14-4-2-1-3-12(14)9-19/h1-8H,10H2. The van der Waals surface area contributed by atoms with Crippen LogP contribution in [0.1, 0.15) is 11.1 Å². The molecule has 0 atom stereocenters. The zero-order valence-corrected chi connectivity index (χ0v) is 10.7. The van der Waals surface area contributed by atoms with Gasteiger partial charge in [-0.05, 0) is 29.8 Å². The molecule has 0 heterocycles. The molecule has 0 radical (unpaired) electrons. The highest BCUT2D eigenvalue weighted by Crippen LogP contribution is 2.23. The van der Waals surface area contributed by atoms with Gasteiger partial charge >= 0.3 is 6.36 Å². The van der Waals surface area contributed by atoms with E-state index in [-0.39, 0.29) is 12.4 Å². The van der Waals surface area contributed by atoms with E-state index in [1.54, 1.807) is 24.3 Å². The average molecular weight is 293 g/mol. The summed E-state index contributed by atoms with van der Waals surface area (Å²) in [7, 11) is 0. The van der Waals surface area contributed by atoms with Crippen LogP contribution in [0, 0.1) is 11.3 Å². The van der Waals surface area contributed by atoms with Gasteiger partial charge in [-0.1, -0.05) is 24.3 Å². The van der Waals surface area contributed by atoms with Crippen molar-refractivity contribution in [3.05, 3.63) is 59.7 Å². The first-order valence-electron chi connectivity index (χ1n) is 5.94. The lowest BCUT2D eigenvalue weighted by Gasteiger charge is -2.10.